The van der Waals surface area contributed by atoms with Gasteiger partial charge in [-0.2, -0.15) is 0 Å². The van der Waals surface area contributed by atoms with E-state index in [9.17, 15) is 0 Å². The van der Waals surface area contributed by atoms with Crippen LogP contribution in [0.5, 0.6) is 0 Å². The van der Waals surface area contributed by atoms with Gasteiger partial charge >= 0.3 is 0 Å². The van der Waals surface area contributed by atoms with E-state index in [0.29, 0.717) is 0 Å². The minimum atomic E-state index is 0.739. The third kappa shape index (κ3) is 3.47. The van der Waals surface area contributed by atoms with E-state index < -0.39 is 0 Å². The number of rotatable bonds is 3. The van der Waals surface area contributed by atoms with Crippen molar-refractivity contribution in [1.29, 1.82) is 0 Å². The molecule has 0 aromatic rings. The van der Waals surface area contributed by atoms with E-state index >= 15 is 0 Å². The van der Waals surface area contributed by atoms with Crippen molar-refractivity contribution in [2.75, 3.05) is 0 Å². The highest BCUT2D eigenvalue weighted by molar-refractivity contribution is 4.87. The van der Waals surface area contributed by atoms with E-state index in [1.54, 1.807) is 0 Å². The summed E-state index contributed by atoms with van der Waals surface area (Å²) in [6.45, 7) is 7.33. The van der Waals surface area contributed by atoms with Crippen LogP contribution in [0.2, 0.25) is 0 Å². The van der Waals surface area contributed by atoms with Gasteiger partial charge in [-0.05, 0) is 50.4 Å². The lowest BCUT2D eigenvalue weighted by Crippen LogP contribution is -2.49. The van der Waals surface area contributed by atoms with E-state index in [0.717, 1.165) is 29.8 Å². The van der Waals surface area contributed by atoms with Gasteiger partial charge in [-0.25, -0.2) is 0 Å². The fourth-order valence-electron chi connectivity index (χ4n) is 4.08. The molecule has 2 unspecified atom stereocenters. The van der Waals surface area contributed by atoms with Crippen LogP contribution in [0.25, 0.3) is 0 Å². The molecular weight excluding hydrogens is 206 g/mol. The summed E-state index contributed by atoms with van der Waals surface area (Å²) in [6, 6.07) is 1.52. The van der Waals surface area contributed by atoms with Gasteiger partial charge in [-0.1, -0.05) is 39.5 Å². The molecule has 1 N–H and O–H groups in total. The molecule has 0 radical (unpaired) electrons. The first-order chi connectivity index (χ1) is 8.18. The molecule has 0 aliphatic heterocycles. The smallest absolute Gasteiger partial charge is 0.0121 e. The molecule has 2 aliphatic rings. The summed E-state index contributed by atoms with van der Waals surface area (Å²) < 4.78 is 0. The summed E-state index contributed by atoms with van der Waals surface area (Å²) in [7, 11) is 0. The van der Waals surface area contributed by atoms with Crippen LogP contribution in [0.15, 0.2) is 0 Å². The van der Waals surface area contributed by atoms with Gasteiger partial charge in [0.25, 0.3) is 0 Å². The van der Waals surface area contributed by atoms with E-state index in [4.69, 9.17) is 0 Å². The predicted molar refractivity (Wildman–Crippen MR) is 75.1 cm³/mol. The monoisotopic (exact) mass is 237 g/mol. The lowest BCUT2D eigenvalue weighted by molar-refractivity contribution is 0.166. The van der Waals surface area contributed by atoms with Crippen LogP contribution in [-0.2, 0) is 0 Å². The first-order valence-electron chi connectivity index (χ1n) is 7.94. The molecule has 0 heterocycles. The molecule has 0 amide bonds. The first-order valence-corrected chi connectivity index (χ1v) is 7.94. The molecule has 2 rings (SSSR count). The number of hydrogen-bond donors (Lipinski definition) is 1. The number of hydrogen-bond acceptors (Lipinski definition) is 1. The Morgan fingerprint density at radius 2 is 1.41 bits per heavy atom. The Labute approximate surface area is 108 Å². The standard InChI is InChI=1S/C16H31N/c1-12-8-7-9-13(2)16(12)17-14(3)15-10-5-4-6-11-15/h12-17H,4-11H2,1-3H3/t12?,13?,14-,16?/m0/s1. The van der Waals surface area contributed by atoms with Crippen LogP contribution >= 0.6 is 0 Å². The SMILES string of the molecule is CC1CCCC(C)C1N[C@@H](C)C1CCCCC1. The maximum Gasteiger partial charge on any atom is 0.0121 e. The van der Waals surface area contributed by atoms with Crippen LogP contribution in [-0.4, -0.2) is 12.1 Å². The summed E-state index contributed by atoms with van der Waals surface area (Å²) in [5.74, 6) is 2.71. The quantitative estimate of drug-likeness (QED) is 0.768. The van der Waals surface area contributed by atoms with Crippen molar-refractivity contribution in [2.24, 2.45) is 17.8 Å². The summed E-state index contributed by atoms with van der Waals surface area (Å²) in [5.41, 5.74) is 0. The van der Waals surface area contributed by atoms with Crippen LogP contribution in [0.3, 0.4) is 0 Å². The Hall–Kier alpha value is -0.0400. The molecule has 100 valence electrons. The van der Waals surface area contributed by atoms with Crippen LogP contribution < -0.4 is 5.32 Å². The zero-order valence-electron chi connectivity index (χ0n) is 12.0. The maximum atomic E-state index is 3.99. The molecule has 0 aromatic carbocycles. The van der Waals surface area contributed by atoms with Crippen molar-refractivity contribution in [1.82, 2.24) is 5.32 Å². The van der Waals surface area contributed by atoms with Gasteiger partial charge < -0.3 is 5.32 Å². The van der Waals surface area contributed by atoms with E-state index in [-0.39, 0.29) is 0 Å². The molecule has 1 heteroatoms. The van der Waals surface area contributed by atoms with Crippen molar-refractivity contribution in [3.05, 3.63) is 0 Å². The molecule has 0 aromatic heterocycles. The van der Waals surface area contributed by atoms with Crippen LogP contribution in [0, 0.1) is 17.8 Å². The number of nitrogens with one attached hydrogen (secondary N) is 1. The van der Waals surface area contributed by atoms with Gasteiger partial charge in [0.05, 0.1) is 0 Å². The first kappa shape index (κ1) is 13.4. The second-order valence-corrected chi connectivity index (χ2v) is 6.76. The fourth-order valence-corrected chi connectivity index (χ4v) is 4.08. The van der Waals surface area contributed by atoms with Gasteiger partial charge in [-0.15, -0.1) is 0 Å². The minimum absolute atomic E-state index is 0.739. The summed E-state index contributed by atoms with van der Waals surface area (Å²) >= 11 is 0. The lowest BCUT2D eigenvalue weighted by Gasteiger charge is -2.40. The van der Waals surface area contributed by atoms with Crippen molar-refractivity contribution in [3.63, 3.8) is 0 Å². The topological polar surface area (TPSA) is 12.0 Å². The second kappa shape index (κ2) is 6.22. The minimum Gasteiger partial charge on any atom is -0.311 e. The van der Waals surface area contributed by atoms with E-state index in [1.807, 2.05) is 0 Å². The molecule has 2 saturated carbocycles. The highest BCUT2D eigenvalue weighted by atomic mass is 15.0. The van der Waals surface area contributed by atoms with Crippen molar-refractivity contribution >= 4 is 0 Å². The third-order valence-corrected chi connectivity index (χ3v) is 5.36. The normalized spacial score (nSPS) is 37.9. The van der Waals surface area contributed by atoms with Crippen LogP contribution in [0.4, 0.5) is 0 Å². The predicted octanol–water partition coefficient (Wildman–Crippen LogP) is 4.37. The van der Waals surface area contributed by atoms with Crippen molar-refractivity contribution in [2.45, 2.75) is 84.2 Å². The molecule has 1 nitrogen and oxygen atoms in total. The van der Waals surface area contributed by atoms with Gasteiger partial charge in [0.1, 0.15) is 0 Å². The third-order valence-electron chi connectivity index (χ3n) is 5.36. The molecule has 17 heavy (non-hydrogen) atoms. The molecular formula is C16H31N. The van der Waals surface area contributed by atoms with E-state index in [1.165, 1.54) is 51.4 Å². The van der Waals surface area contributed by atoms with Gasteiger partial charge in [0.15, 0.2) is 0 Å². The lowest BCUT2D eigenvalue weighted by atomic mass is 9.77. The molecule has 0 saturated heterocycles. The average Bonchev–Trinajstić information content (AvgIpc) is 2.35. The summed E-state index contributed by atoms with van der Waals surface area (Å²) in [5, 5.41) is 3.99. The highest BCUT2D eigenvalue weighted by Gasteiger charge is 2.30. The van der Waals surface area contributed by atoms with Crippen molar-refractivity contribution < 1.29 is 0 Å². The fraction of sp³-hybridized carbons (Fsp3) is 1.00. The maximum absolute atomic E-state index is 3.99. The van der Waals surface area contributed by atoms with Crippen LogP contribution in [0.1, 0.15) is 72.1 Å². The highest BCUT2D eigenvalue weighted by Crippen LogP contribution is 2.31. The Kier molecular flexibility index (Phi) is 4.90. The second-order valence-electron chi connectivity index (χ2n) is 6.76. The largest absolute Gasteiger partial charge is 0.311 e. The average molecular weight is 237 g/mol. The summed E-state index contributed by atoms with van der Waals surface area (Å²) in [6.07, 6.45) is 11.6. The molecule has 0 bridgehead atoms. The summed E-state index contributed by atoms with van der Waals surface area (Å²) in [4.78, 5) is 0. The molecule has 3 atom stereocenters. The van der Waals surface area contributed by atoms with Crippen molar-refractivity contribution in [3.8, 4) is 0 Å². The Morgan fingerprint density at radius 1 is 0.824 bits per heavy atom. The van der Waals surface area contributed by atoms with Gasteiger partial charge in [0.2, 0.25) is 0 Å². The zero-order valence-corrected chi connectivity index (χ0v) is 12.0. The molecule has 2 fully saturated rings. The van der Waals surface area contributed by atoms with Gasteiger partial charge in [0, 0.05) is 12.1 Å². The Morgan fingerprint density at radius 3 is 2.00 bits per heavy atom. The molecule has 2 aliphatic carbocycles. The Bertz CT molecular complexity index is 210. The van der Waals surface area contributed by atoms with E-state index in [2.05, 4.69) is 26.1 Å². The Balaban J connectivity index is 1.85. The van der Waals surface area contributed by atoms with Gasteiger partial charge in [-0.3, -0.25) is 0 Å². The molecule has 0 spiro atoms. The zero-order chi connectivity index (χ0) is 12.3.